The summed E-state index contributed by atoms with van der Waals surface area (Å²) in [5.41, 5.74) is 0. The lowest BCUT2D eigenvalue weighted by molar-refractivity contribution is -0.302. The SMILES string of the molecule is CCCCCCCC/C=C\CCCCCC(=O)NC(COC1OC(CO)C(O)C(O)C1O)C(O)/C=C/CC/C=C/CC/C=C/CCCCCCCC. The second kappa shape index (κ2) is 33.7. The fraction of sp³-hybridized carbons (Fsp3) is 0.791. The third-order valence-electron chi connectivity index (χ3n) is 9.60. The second-order valence-corrected chi connectivity index (χ2v) is 14.4. The van der Waals surface area contributed by atoms with E-state index in [1.54, 1.807) is 6.08 Å². The molecule has 1 rings (SSSR count). The molecule has 1 aliphatic rings. The van der Waals surface area contributed by atoms with Crippen LogP contribution in [0, 0.1) is 0 Å². The first-order valence-corrected chi connectivity index (χ1v) is 20.9. The van der Waals surface area contributed by atoms with Gasteiger partial charge >= 0.3 is 0 Å². The van der Waals surface area contributed by atoms with E-state index < -0.39 is 49.5 Å². The number of amides is 1. The molecule has 0 aromatic heterocycles. The summed E-state index contributed by atoms with van der Waals surface area (Å²) in [6.07, 6.45) is 34.4. The van der Waals surface area contributed by atoms with Gasteiger partial charge in [-0.3, -0.25) is 4.79 Å². The van der Waals surface area contributed by atoms with E-state index >= 15 is 0 Å². The number of aliphatic hydroxyl groups excluding tert-OH is 5. The molecule has 1 aliphatic heterocycles. The summed E-state index contributed by atoms with van der Waals surface area (Å²) in [7, 11) is 0. The van der Waals surface area contributed by atoms with Crippen LogP contribution in [0.3, 0.4) is 0 Å². The Hall–Kier alpha value is -1.85. The molecule has 9 heteroatoms. The first-order valence-electron chi connectivity index (χ1n) is 20.9. The van der Waals surface area contributed by atoms with Crippen molar-refractivity contribution in [2.75, 3.05) is 13.2 Å². The van der Waals surface area contributed by atoms with Crippen LogP contribution in [0.1, 0.15) is 162 Å². The minimum atomic E-state index is -1.58. The molecule has 0 aromatic carbocycles. The topological polar surface area (TPSA) is 149 Å². The molecule has 7 unspecified atom stereocenters. The van der Waals surface area contributed by atoms with Crippen molar-refractivity contribution in [2.45, 2.75) is 204 Å². The van der Waals surface area contributed by atoms with Crippen LogP contribution >= 0.6 is 0 Å². The van der Waals surface area contributed by atoms with Crippen LogP contribution < -0.4 is 5.32 Å². The number of nitrogens with one attached hydrogen (secondary N) is 1. The number of allylic oxidation sites excluding steroid dienone is 7. The van der Waals surface area contributed by atoms with E-state index in [1.165, 1.54) is 77.0 Å². The number of carbonyl (C=O) groups excluding carboxylic acids is 1. The third kappa shape index (κ3) is 24.5. The van der Waals surface area contributed by atoms with Gasteiger partial charge in [0.15, 0.2) is 6.29 Å². The minimum Gasteiger partial charge on any atom is -0.394 e. The average molecular weight is 736 g/mol. The van der Waals surface area contributed by atoms with Gasteiger partial charge in [0.2, 0.25) is 5.91 Å². The van der Waals surface area contributed by atoms with Crippen LogP contribution in [0.15, 0.2) is 48.6 Å². The highest BCUT2D eigenvalue weighted by Crippen LogP contribution is 2.22. The molecule has 1 fully saturated rings. The van der Waals surface area contributed by atoms with E-state index in [1.807, 2.05) is 6.08 Å². The number of rotatable bonds is 33. The van der Waals surface area contributed by atoms with Crippen molar-refractivity contribution in [3.05, 3.63) is 48.6 Å². The monoisotopic (exact) mass is 736 g/mol. The summed E-state index contributed by atoms with van der Waals surface area (Å²) in [4.78, 5) is 12.9. The van der Waals surface area contributed by atoms with Gasteiger partial charge in [0.05, 0.1) is 25.4 Å². The molecule has 7 atom stereocenters. The maximum atomic E-state index is 12.9. The van der Waals surface area contributed by atoms with E-state index in [-0.39, 0.29) is 12.5 Å². The molecule has 1 saturated heterocycles. The molecule has 1 heterocycles. The zero-order valence-electron chi connectivity index (χ0n) is 32.8. The molecular formula is C43H77NO8. The Balaban J connectivity index is 2.48. The lowest BCUT2D eigenvalue weighted by Gasteiger charge is -2.40. The van der Waals surface area contributed by atoms with Crippen molar-refractivity contribution in [3.8, 4) is 0 Å². The van der Waals surface area contributed by atoms with Gasteiger partial charge in [-0.15, -0.1) is 0 Å². The van der Waals surface area contributed by atoms with Gasteiger partial charge in [0.25, 0.3) is 0 Å². The van der Waals surface area contributed by atoms with Crippen LogP contribution in [0.25, 0.3) is 0 Å². The number of unbranched alkanes of at least 4 members (excludes halogenated alkanes) is 17. The maximum Gasteiger partial charge on any atom is 0.220 e. The highest BCUT2D eigenvalue weighted by molar-refractivity contribution is 5.76. The zero-order chi connectivity index (χ0) is 38.1. The number of hydrogen-bond donors (Lipinski definition) is 6. The first-order chi connectivity index (χ1) is 25.3. The van der Waals surface area contributed by atoms with Gasteiger partial charge in [0.1, 0.15) is 24.4 Å². The molecule has 9 nitrogen and oxygen atoms in total. The fourth-order valence-corrected chi connectivity index (χ4v) is 6.18. The predicted octanol–water partition coefficient (Wildman–Crippen LogP) is 7.89. The van der Waals surface area contributed by atoms with Crippen molar-refractivity contribution >= 4 is 5.91 Å². The fourth-order valence-electron chi connectivity index (χ4n) is 6.18. The Morgan fingerprint density at radius 1 is 0.635 bits per heavy atom. The van der Waals surface area contributed by atoms with E-state index in [0.29, 0.717) is 6.42 Å². The zero-order valence-corrected chi connectivity index (χ0v) is 32.8. The molecule has 6 N–H and O–H groups in total. The molecule has 302 valence electrons. The Labute approximate surface area is 316 Å². The quantitative estimate of drug-likeness (QED) is 0.0295. The molecular weight excluding hydrogens is 658 g/mol. The standard InChI is InChI=1S/C43H77NO8/c1-3-5-7-9-11-13-15-17-18-19-21-22-24-26-28-30-32-37(46)36(35-51-43-42(50)41(49)40(48)38(34-45)52-43)44-39(47)33-31-29-27-25-23-20-16-14-12-10-8-6-4-2/h17-18,20,22-24,30,32,36-38,40-43,45-46,48-50H,3-16,19,21,25-29,31,33-35H2,1-2H3,(H,44,47)/b18-17+,23-20-,24-22+,32-30+. The first kappa shape index (κ1) is 48.2. The summed E-state index contributed by atoms with van der Waals surface area (Å²) in [6, 6.07) is -0.834. The maximum absolute atomic E-state index is 12.9. The predicted molar refractivity (Wildman–Crippen MR) is 212 cm³/mol. The van der Waals surface area contributed by atoms with Gasteiger partial charge in [0, 0.05) is 6.42 Å². The number of ether oxygens (including phenoxy) is 2. The molecule has 0 bridgehead atoms. The molecule has 0 spiro atoms. The van der Waals surface area contributed by atoms with Crippen LogP contribution in [0.4, 0.5) is 0 Å². The molecule has 0 saturated carbocycles. The largest absolute Gasteiger partial charge is 0.394 e. The van der Waals surface area contributed by atoms with E-state index in [0.717, 1.165) is 64.2 Å². The van der Waals surface area contributed by atoms with Crippen molar-refractivity contribution in [1.82, 2.24) is 5.32 Å². The summed E-state index contributed by atoms with van der Waals surface area (Å²) in [6.45, 7) is 3.69. The van der Waals surface area contributed by atoms with Gasteiger partial charge in [-0.05, 0) is 70.6 Å². The smallest absolute Gasteiger partial charge is 0.220 e. The van der Waals surface area contributed by atoms with Crippen LogP contribution in [-0.4, -0.2) is 87.5 Å². The van der Waals surface area contributed by atoms with Crippen LogP contribution in [0.5, 0.6) is 0 Å². The lowest BCUT2D eigenvalue weighted by Crippen LogP contribution is -2.60. The molecule has 52 heavy (non-hydrogen) atoms. The summed E-state index contributed by atoms with van der Waals surface area (Å²) < 4.78 is 11.1. The molecule has 0 aliphatic carbocycles. The summed E-state index contributed by atoms with van der Waals surface area (Å²) in [5, 5.41) is 54.0. The van der Waals surface area contributed by atoms with Crippen molar-refractivity contribution < 1.29 is 39.8 Å². The van der Waals surface area contributed by atoms with Gasteiger partial charge in [-0.1, -0.05) is 133 Å². The third-order valence-corrected chi connectivity index (χ3v) is 9.60. The van der Waals surface area contributed by atoms with Gasteiger partial charge in [-0.25, -0.2) is 0 Å². The normalized spacial score (nSPS) is 22.3. The molecule has 0 radical (unpaired) electrons. The Morgan fingerprint density at radius 2 is 1.10 bits per heavy atom. The van der Waals surface area contributed by atoms with Gasteiger partial charge in [-0.2, -0.15) is 0 Å². The number of carbonyl (C=O) groups is 1. The summed E-state index contributed by atoms with van der Waals surface area (Å²) >= 11 is 0. The van der Waals surface area contributed by atoms with Crippen LogP contribution in [0.2, 0.25) is 0 Å². The van der Waals surface area contributed by atoms with Crippen molar-refractivity contribution in [1.29, 1.82) is 0 Å². The van der Waals surface area contributed by atoms with E-state index in [4.69, 9.17) is 9.47 Å². The molecule has 0 aromatic rings. The minimum absolute atomic E-state index is 0.211. The van der Waals surface area contributed by atoms with Crippen molar-refractivity contribution in [3.63, 3.8) is 0 Å². The summed E-state index contributed by atoms with van der Waals surface area (Å²) in [5.74, 6) is -0.211. The Morgan fingerprint density at radius 3 is 1.62 bits per heavy atom. The highest BCUT2D eigenvalue weighted by atomic mass is 16.7. The lowest BCUT2D eigenvalue weighted by atomic mass is 9.99. The number of hydrogen-bond acceptors (Lipinski definition) is 8. The van der Waals surface area contributed by atoms with Crippen molar-refractivity contribution in [2.24, 2.45) is 0 Å². The van der Waals surface area contributed by atoms with Crippen LogP contribution in [-0.2, 0) is 14.3 Å². The number of aliphatic hydroxyl groups is 5. The Kier molecular flexibility index (Phi) is 31.2. The Bertz CT molecular complexity index is 951. The highest BCUT2D eigenvalue weighted by Gasteiger charge is 2.44. The average Bonchev–Trinajstić information content (AvgIpc) is 3.14. The van der Waals surface area contributed by atoms with E-state index in [9.17, 15) is 30.3 Å². The molecule has 1 amide bonds. The van der Waals surface area contributed by atoms with Gasteiger partial charge < -0.3 is 40.3 Å². The van der Waals surface area contributed by atoms with E-state index in [2.05, 4.69) is 55.6 Å². The second-order valence-electron chi connectivity index (χ2n) is 14.4.